The third kappa shape index (κ3) is 11.2. The minimum Gasteiger partial charge on any atom is -0.480 e. The lowest BCUT2D eigenvalue weighted by Gasteiger charge is -1.97. The summed E-state index contributed by atoms with van der Waals surface area (Å²) in [7, 11) is 0. The second-order valence-electron chi connectivity index (χ2n) is 3.33. The van der Waals surface area contributed by atoms with Gasteiger partial charge in [0.25, 0.3) is 0 Å². The number of rotatable bonds is 9. The number of carboxylic acids is 1. The number of carboxylic acid groups (broad SMARTS) is 1. The van der Waals surface area contributed by atoms with Crippen LogP contribution in [0.1, 0.15) is 39.0 Å². The lowest BCUT2D eigenvalue weighted by molar-refractivity contribution is -0.135. The number of aliphatic carboxylic acids is 1. The van der Waals surface area contributed by atoms with Crippen molar-refractivity contribution in [1.29, 1.82) is 0 Å². The van der Waals surface area contributed by atoms with Gasteiger partial charge in [-0.1, -0.05) is 31.9 Å². The predicted molar refractivity (Wildman–Crippen MR) is 58.4 cm³/mol. The summed E-state index contributed by atoms with van der Waals surface area (Å²) >= 11 is 0. The Morgan fingerprint density at radius 3 is 2.64 bits per heavy atom. The van der Waals surface area contributed by atoms with Crippen molar-refractivity contribution < 1.29 is 9.90 Å². The molecule has 0 aromatic carbocycles. The number of unbranched alkanes of at least 4 members (excludes halogenated alkanes) is 3. The highest BCUT2D eigenvalue weighted by atomic mass is 16.4. The molecule has 0 bridgehead atoms. The van der Waals surface area contributed by atoms with E-state index in [9.17, 15) is 4.79 Å². The van der Waals surface area contributed by atoms with Gasteiger partial charge in [0.15, 0.2) is 0 Å². The van der Waals surface area contributed by atoms with Gasteiger partial charge >= 0.3 is 5.97 Å². The Bertz CT molecular complexity index is 167. The van der Waals surface area contributed by atoms with Crippen LogP contribution in [-0.4, -0.2) is 24.2 Å². The van der Waals surface area contributed by atoms with Gasteiger partial charge in [0.05, 0.1) is 6.54 Å². The smallest absolute Gasteiger partial charge is 0.317 e. The summed E-state index contributed by atoms with van der Waals surface area (Å²) < 4.78 is 0. The molecule has 2 N–H and O–H groups in total. The minimum atomic E-state index is -0.795. The number of hydrogen-bond donors (Lipinski definition) is 2. The van der Waals surface area contributed by atoms with Gasteiger partial charge in [0.1, 0.15) is 0 Å². The maximum Gasteiger partial charge on any atom is 0.317 e. The summed E-state index contributed by atoms with van der Waals surface area (Å²) in [5.41, 5.74) is 0. The molecule has 0 aliphatic heterocycles. The molecule has 3 heteroatoms. The zero-order chi connectivity index (χ0) is 10.6. The molecule has 3 nitrogen and oxygen atoms in total. The van der Waals surface area contributed by atoms with Crippen molar-refractivity contribution in [3.8, 4) is 0 Å². The van der Waals surface area contributed by atoms with E-state index in [1.54, 1.807) is 0 Å². The quantitative estimate of drug-likeness (QED) is 0.442. The van der Waals surface area contributed by atoms with E-state index < -0.39 is 5.97 Å². The third-order valence-corrected chi connectivity index (χ3v) is 1.91. The molecule has 0 spiro atoms. The number of nitrogens with one attached hydrogen (secondary N) is 1. The molecule has 0 saturated carbocycles. The first kappa shape index (κ1) is 13.2. The molecule has 0 rings (SSSR count). The molecule has 0 aromatic rings. The van der Waals surface area contributed by atoms with Crippen molar-refractivity contribution in [2.24, 2.45) is 0 Å². The average Bonchev–Trinajstić information content (AvgIpc) is 2.15. The Morgan fingerprint density at radius 2 is 2.00 bits per heavy atom. The van der Waals surface area contributed by atoms with Gasteiger partial charge in [-0.15, -0.1) is 0 Å². The van der Waals surface area contributed by atoms with Crippen molar-refractivity contribution in [1.82, 2.24) is 5.32 Å². The highest BCUT2D eigenvalue weighted by molar-refractivity contribution is 5.68. The van der Waals surface area contributed by atoms with Crippen LogP contribution in [0.15, 0.2) is 12.2 Å². The van der Waals surface area contributed by atoms with Gasteiger partial charge in [0.2, 0.25) is 0 Å². The van der Waals surface area contributed by atoms with Gasteiger partial charge < -0.3 is 10.4 Å². The topological polar surface area (TPSA) is 49.3 Å². The summed E-state index contributed by atoms with van der Waals surface area (Å²) in [5, 5.41) is 11.2. The summed E-state index contributed by atoms with van der Waals surface area (Å²) in [5.74, 6) is -0.795. The van der Waals surface area contributed by atoms with Crippen LogP contribution in [0.3, 0.4) is 0 Å². The average molecular weight is 199 g/mol. The van der Waals surface area contributed by atoms with E-state index in [0.29, 0.717) is 0 Å². The Morgan fingerprint density at radius 1 is 1.29 bits per heavy atom. The molecule has 14 heavy (non-hydrogen) atoms. The number of hydrogen-bond acceptors (Lipinski definition) is 2. The normalized spacial score (nSPS) is 10.9. The first-order valence-corrected chi connectivity index (χ1v) is 5.35. The van der Waals surface area contributed by atoms with E-state index in [-0.39, 0.29) is 6.54 Å². The molecule has 0 fully saturated rings. The van der Waals surface area contributed by atoms with E-state index >= 15 is 0 Å². The van der Waals surface area contributed by atoms with Gasteiger partial charge in [-0.25, -0.2) is 0 Å². The van der Waals surface area contributed by atoms with E-state index in [4.69, 9.17) is 5.11 Å². The molecule has 0 aliphatic carbocycles. The first-order valence-electron chi connectivity index (χ1n) is 5.35. The molecule has 0 aromatic heterocycles. The molecular formula is C11H21NO2. The molecule has 0 unspecified atom stereocenters. The van der Waals surface area contributed by atoms with Crippen LogP contribution in [0.4, 0.5) is 0 Å². The van der Waals surface area contributed by atoms with Crippen molar-refractivity contribution in [2.75, 3.05) is 13.1 Å². The fourth-order valence-corrected chi connectivity index (χ4v) is 1.13. The van der Waals surface area contributed by atoms with Gasteiger partial charge in [-0.2, -0.15) is 0 Å². The van der Waals surface area contributed by atoms with Crippen LogP contribution in [0, 0.1) is 0 Å². The van der Waals surface area contributed by atoms with Gasteiger partial charge in [0, 0.05) is 0 Å². The summed E-state index contributed by atoms with van der Waals surface area (Å²) in [6.45, 7) is 3.00. The zero-order valence-corrected chi connectivity index (χ0v) is 8.96. The second-order valence-corrected chi connectivity index (χ2v) is 3.33. The molecule has 0 atom stereocenters. The highest BCUT2D eigenvalue weighted by Crippen LogP contribution is 1.99. The van der Waals surface area contributed by atoms with Crippen LogP contribution < -0.4 is 5.32 Å². The standard InChI is InChI=1S/C11H21NO2/c1-2-3-4-5-6-7-8-9-12-10-11(13)14/h6-7,12H,2-5,8-10H2,1H3,(H,13,14)/b7-6-. The first-order chi connectivity index (χ1) is 6.77. The van der Waals surface area contributed by atoms with E-state index in [1.807, 2.05) is 0 Å². The van der Waals surface area contributed by atoms with E-state index in [1.165, 1.54) is 19.3 Å². The fraction of sp³-hybridized carbons (Fsp3) is 0.727. The second kappa shape index (κ2) is 10.3. The summed E-state index contributed by atoms with van der Waals surface area (Å²) in [4.78, 5) is 10.1. The summed E-state index contributed by atoms with van der Waals surface area (Å²) in [6, 6.07) is 0. The minimum absolute atomic E-state index is 0.0592. The molecule has 0 saturated heterocycles. The van der Waals surface area contributed by atoms with Crippen LogP contribution in [0.2, 0.25) is 0 Å². The lowest BCUT2D eigenvalue weighted by Crippen LogP contribution is -2.22. The van der Waals surface area contributed by atoms with Crippen LogP contribution in [0.25, 0.3) is 0 Å². The Kier molecular flexibility index (Phi) is 9.64. The van der Waals surface area contributed by atoms with E-state index in [0.717, 1.165) is 19.4 Å². The predicted octanol–water partition coefficient (Wildman–Crippen LogP) is 2.19. The number of allylic oxidation sites excluding steroid dienone is 1. The molecule has 0 amide bonds. The van der Waals surface area contributed by atoms with Crippen molar-refractivity contribution in [3.05, 3.63) is 12.2 Å². The summed E-state index contributed by atoms with van der Waals surface area (Å²) in [6.07, 6.45) is 10.2. The highest BCUT2D eigenvalue weighted by Gasteiger charge is 1.92. The Labute approximate surface area is 86.2 Å². The molecule has 0 aliphatic rings. The SMILES string of the molecule is CCCCC/C=C\CCNCC(=O)O. The van der Waals surface area contributed by atoms with Crippen LogP contribution in [0.5, 0.6) is 0 Å². The maximum atomic E-state index is 10.1. The largest absolute Gasteiger partial charge is 0.480 e. The molecule has 82 valence electrons. The molecule has 0 heterocycles. The van der Waals surface area contributed by atoms with Crippen molar-refractivity contribution >= 4 is 5.97 Å². The third-order valence-electron chi connectivity index (χ3n) is 1.91. The Hall–Kier alpha value is -0.830. The Balaban J connectivity index is 3.07. The van der Waals surface area contributed by atoms with Crippen LogP contribution >= 0.6 is 0 Å². The van der Waals surface area contributed by atoms with Crippen molar-refractivity contribution in [3.63, 3.8) is 0 Å². The zero-order valence-electron chi connectivity index (χ0n) is 8.96. The molecule has 0 radical (unpaired) electrons. The van der Waals surface area contributed by atoms with Gasteiger partial charge in [-0.05, 0) is 25.8 Å². The fourth-order valence-electron chi connectivity index (χ4n) is 1.13. The maximum absolute atomic E-state index is 10.1. The monoisotopic (exact) mass is 199 g/mol. The molecular weight excluding hydrogens is 178 g/mol. The van der Waals surface area contributed by atoms with Gasteiger partial charge in [-0.3, -0.25) is 4.79 Å². The number of carbonyl (C=O) groups is 1. The lowest BCUT2D eigenvalue weighted by atomic mass is 10.2. The van der Waals surface area contributed by atoms with Crippen LogP contribution in [-0.2, 0) is 4.79 Å². The van der Waals surface area contributed by atoms with Crippen molar-refractivity contribution in [2.45, 2.75) is 39.0 Å². The van der Waals surface area contributed by atoms with E-state index in [2.05, 4.69) is 24.4 Å².